The second-order valence-corrected chi connectivity index (χ2v) is 7.00. The molecule has 7 nitrogen and oxygen atoms in total. The second kappa shape index (κ2) is 8.16. The summed E-state index contributed by atoms with van der Waals surface area (Å²) in [5, 5.41) is 2.83. The SMILES string of the molecule is Cc1ccc(OCc2cc(=O)n3cc(C)ccc3n2)c(C(=O)Nc2ccncc2)c1. The zero-order valence-electron chi connectivity index (χ0n) is 16.6. The number of aryl methyl sites for hydroxylation is 2. The number of rotatable bonds is 5. The fraction of sp³-hybridized carbons (Fsp3) is 0.130. The molecule has 0 atom stereocenters. The highest BCUT2D eigenvalue weighted by Crippen LogP contribution is 2.22. The summed E-state index contributed by atoms with van der Waals surface area (Å²) in [5.41, 5.74) is 3.81. The number of fused-ring (bicyclic) bond motifs is 1. The van der Waals surface area contributed by atoms with Crippen molar-refractivity contribution >= 4 is 17.2 Å². The first-order chi connectivity index (χ1) is 14.5. The quantitative estimate of drug-likeness (QED) is 0.554. The maximum absolute atomic E-state index is 12.8. The average molecular weight is 400 g/mol. The van der Waals surface area contributed by atoms with Crippen LogP contribution < -0.4 is 15.6 Å². The first-order valence-electron chi connectivity index (χ1n) is 9.43. The second-order valence-electron chi connectivity index (χ2n) is 7.00. The fourth-order valence-corrected chi connectivity index (χ4v) is 3.06. The van der Waals surface area contributed by atoms with Crippen molar-refractivity contribution in [2.45, 2.75) is 20.5 Å². The molecule has 4 aromatic rings. The number of pyridine rings is 2. The molecule has 0 spiro atoms. The number of carbonyl (C=O) groups excluding carboxylic acids is 1. The summed E-state index contributed by atoms with van der Waals surface area (Å²) in [6.07, 6.45) is 4.96. The number of benzene rings is 1. The monoisotopic (exact) mass is 400 g/mol. The van der Waals surface area contributed by atoms with Crippen LogP contribution in [-0.4, -0.2) is 20.3 Å². The lowest BCUT2D eigenvalue weighted by molar-refractivity contribution is 0.102. The number of nitrogens with one attached hydrogen (secondary N) is 1. The van der Waals surface area contributed by atoms with Crippen molar-refractivity contribution in [3.63, 3.8) is 0 Å². The molecular formula is C23H20N4O3. The third-order valence-corrected chi connectivity index (χ3v) is 4.55. The van der Waals surface area contributed by atoms with Crippen LogP contribution in [0.15, 0.2) is 71.9 Å². The fourth-order valence-electron chi connectivity index (χ4n) is 3.06. The molecule has 3 aromatic heterocycles. The van der Waals surface area contributed by atoms with Gasteiger partial charge in [0.1, 0.15) is 18.0 Å². The maximum atomic E-state index is 12.8. The van der Waals surface area contributed by atoms with E-state index in [-0.39, 0.29) is 18.1 Å². The number of hydrogen-bond acceptors (Lipinski definition) is 5. The summed E-state index contributed by atoms with van der Waals surface area (Å²) < 4.78 is 7.38. The van der Waals surface area contributed by atoms with Crippen molar-refractivity contribution in [3.05, 3.63) is 99.9 Å². The molecule has 150 valence electrons. The number of carbonyl (C=O) groups is 1. The lowest BCUT2D eigenvalue weighted by Crippen LogP contribution is -2.17. The highest BCUT2D eigenvalue weighted by atomic mass is 16.5. The topological polar surface area (TPSA) is 85.6 Å². The van der Waals surface area contributed by atoms with Gasteiger partial charge in [-0.1, -0.05) is 17.7 Å². The van der Waals surface area contributed by atoms with Crippen molar-refractivity contribution < 1.29 is 9.53 Å². The van der Waals surface area contributed by atoms with Crippen LogP contribution in [0.5, 0.6) is 5.75 Å². The highest BCUT2D eigenvalue weighted by molar-refractivity contribution is 6.06. The molecule has 7 heteroatoms. The van der Waals surface area contributed by atoms with E-state index in [0.29, 0.717) is 28.3 Å². The molecule has 0 fully saturated rings. The minimum Gasteiger partial charge on any atom is -0.486 e. The van der Waals surface area contributed by atoms with E-state index in [2.05, 4.69) is 15.3 Å². The van der Waals surface area contributed by atoms with E-state index in [9.17, 15) is 9.59 Å². The molecule has 0 aliphatic rings. The molecule has 30 heavy (non-hydrogen) atoms. The Morgan fingerprint density at radius 1 is 1.03 bits per heavy atom. The van der Waals surface area contributed by atoms with Gasteiger partial charge in [0.2, 0.25) is 0 Å². The van der Waals surface area contributed by atoms with Gasteiger partial charge >= 0.3 is 0 Å². The Morgan fingerprint density at radius 3 is 2.60 bits per heavy atom. The number of nitrogens with zero attached hydrogens (tertiary/aromatic N) is 3. The third-order valence-electron chi connectivity index (χ3n) is 4.55. The minimum atomic E-state index is -0.290. The van der Waals surface area contributed by atoms with Crippen LogP contribution in [0.25, 0.3) is 5.65 Å². The van der Waals surface area contributed by atoms with Gasteiger partial charge in [-0.05, 0) is 49.7 Å². The Hall–Kier alpha value is -4.00. The Morgan fingerprint density at radius 2 is 1.80 bits per heavy atom. The summed E-state index contributed by atoms with van der Waals surface area (Å²) in [4.78, 5) is 33.6. The summed E-state index contributed by atoms with van der Waals surface area (Å²) in [5.74, 6) is 0.125. The van der Waals surface area contributed by atoms with E-state index in [1.54, 1.807) is 48.9 Å². The normalized spacial score (nSPS) is 10.7. The zero-order valence-corrected chi connectivity index (χ0v) is 16.6. The number of amides is 1. The van der Waals surface area contributed by atoms with Crippen LogP contribution in [0.2, 0.25) is 0 Å². The van der Waals surface area contributed by atoms with Crippen molar-refractivity contribution in [2.75, 3.05) is 5.32 Å². The van der Waals surface area contributed by atoms with Crippen molar-refractivity contribution in [3.8, 4) is 5.75 Å². The van der Waals surface area contributed by atoms with Gasteiger partial charge in [0, 0.05) is 30.3 Å². The smallest absolute Gasteiger partial charge is 0.259 e. The molecule has 0 bridgehead atoms. The van der Waals surface area contributed by atoms with Crippen LogP contribution in [-0.2, 0) is 6.61 Å². The van der Waals surface area contributed by atoms with Gasteiger partial charge in [-0.3, -0.25) is 19.0 Å². The third kappa shape index (κ3) is 4.20. The van der Waals surface area contributed by atoms with Crippen LogP contribution >= 0.6 is 0 Å². The average Bonchev–Trinajstić information content (AvgIpc) is 2.74. The number of anilines is 1. The van der Waals surface area contributed by atoms with E-state index >= 15 is 0 Å². The van der Waals surface area contributed by atoms with Gasteiger partial charge in [-0.2, -0.15) is 0 Å². The Labute approximate surface area is 173 Å². The Balaban J connectivity index is 1.58. The summed E-state index contributed by atoms with van der Waals surface area (Å²) in [7, 11) is 0. The predicted molar refractivity (Wildman–Crippen MR) is 114 cm³/mol. The van der Waals surface area contributed by atoms with Gasteiger partial charge in [-0.25, -0.2) is 4.98 Å². The lowest BCUT2D eigenvalue weighted by atomic mass is 10.1. The van der Waals surface area contributed by atoms with E-state index in [0.717, 1.165) is 11.1 Å². The first-order valence-corrected chi connectivity index (χ1v) is 9.43. The van der Waals surface area contributed by atoms with E-state index in [1.807, 2.05) is 26.0 Å². The minimum absolute atomic E-state index is 0.0677. The van der Waals surface area contributed by atoms with Crippen LogP contribution in [0.3, 0.4) is 0 Å². The molecule has 1 amide bonds. The molecule has 0 aliphatic heterocycles. The van der Waals surface area contributed by atoms with Gasteiger partial charge < -0.3 is 10.1 Å². The molecule has 4 rings (SSSR count). The van der Waals surface area contributed by atoms with E-state index in [1.165, 1.54) is 10.5 Å². The molecule has 0 aliphatic carbocycles. The van der Waals surface area contributed by atoms with E-state index in [4.69, 9.17) is 4.74 Å². The molecule has 0 unspecified atom stereocenters. The summed E-state index contributed by atoms with van der Waals surface area (Å²) in [6.45, 7) is 3.89. The molecular weight excluding hydrogens is 380 g/mol. The zero-order chi connectivity index (χ0) is 21.1. The number of hydrogen-bond donors (Lipinski definition) is 1. The standard InChI is InChI=1S/C23H20N4O3/c1-15-3-5-20(19(11-15)23(29)26-17-7-9-24-10-8-17)30-14-18-12-22(28)27-13-16(2)4-6-21(27)25-18/h3-13H,14H2,1-2H3,(H,24,26,29). The van der Waals surface area contributed by atoms with Crippen molar-refractivity contribution in [1.29, 1.82) is 0 Å². The molecule has 1 N–H and O–H groups in total. The maximum Gasteiger partial charge on any atom is 0.259 e. The van der Waals surface area contributed by atoms with Gasteiger partial charge in [0.05, 0.1) is 11.3 Å². The van der Waals surface area contributed by atoms with Gasteiger partial charge in [0.15, 0.2) is 0 Å². The molecule has 0 saturated carbocycles. The Kier molecular flexibility index (Phi) is 5.26. The molecule has 3 heterocycles. The number of ether oxygens (including phenoxy) is 1. The van der Waals surface area contributed by atoms with Crippen LogP contribution in [0.4, 0.5) is 5.69 Å². The molecule has 1 aromatic carbocycles. The molecule has 0 saturated heterocycles. The largest absolute Gasteiger partial charge is 0.486 e. The van der Waals surface area contributed by atoms with Crippen molar-refractivity contribution in [1.82, 2.24) is 14.4 Å². The summed E-state index contributed by atoms with van der Waals surface area (Å²) in [6, 6.07) is 13.9. The van der Waals surface area contributed by atoms with Gasteiger partial charge in [0.25, 0.3) is 11.5 Å². The highest BCUT2D eigenvalue weighted by Gasteiger charge is 2.14. The summed E-state index contributed by atoms with van der Waals surface area (Å²) >= 11 is 0. The Bertz CT molecular complexity index is 1280. The van der Waals surface area contributed by atoms with Crippen LogP contribution in [0, 0.1) is 13.8 Å². The predicted octanol–water partition coefficient (Wildman–Crippen LogP) is 3.54. The lowest BCUT2D eigenvalue weighted by Gasteiger charge is -2.13. The van der Waals surface area contributed by atoms with Gasteiger partial charge in [-0.15, -0.1) is 0 Å². The first kappa shape index (κ1) is 19.3. The van der Waals surface area contributed by atoms with Crippen LogP contribution in [0.1, 0.15) is 27.2 Å². The number of aromatic nitrogens is 3. The molecule has 0 radical (unpaired) electrons. The van der Waals surface area contributed by atoms with Crippen molar-refractivity contribution in [2.24, 2.45) is 0 Å². The van der Waals surface area contributed by atoms with E-state index < -0.39 is 0 Å².